The van der Waals surface area contributed by atoms with Gasteiger partial charge < -0.3 is 8.85 Å². The van der Waals surface area contributed by atoms with Gasteiger partial charge in [0.15, 0.2) is 8.32 Å². The highest BCUT2D eigenvalue weighted by atomic mass is 28.4. The molecule has 0 amide bonds. The van der Waals surface area contributed by atoms with Crippen LogP contribution in [0.1, 0.15) is 34.6 Å². The van der Waals surface area contributed by atoms with Gasteiger partial charge in [-0.3, -0.25) is 0 Å². The van der Waals surface area contributed by atoms with E-state index in [2.05, 4.69) is 80.4 Å². The van der Waals surface area contributed by atoms with Crippen LogP contribution in [0.3, 0.4) is 0 Å². The van der Waals surface area contributed by atoms with Gasteiger partial charge in [0, 0.05) is 5.22 Å². The normalized spacial score (nSPS) is 15.6. The van der Waals surface area contributed by atoms with Crippen LogP contribution in [0.25, 0.3) is 0 Å². The summed E-state index contributed by atoms with van der Waals surface area (Å²) in [6, 6.07) is 1.25. The third kappa shape index (κ3) is 5.09. The zero-order chi connectivity index (χ0) is 16.6. The Balaban J connectivity index is 5.25. The second kappa shape index (κ2) is 5.99. The smallest absolute Gasteiger partial charge is 0.216 e. The maximum Gasteiger partial charge on any atom is 0.216 e. The second-order valence-electron chi connectivity index (χ2n) is 9.08. The first-order valence-electron chi connectivity index (χ1n) is 7.88. The average Bonchev–Trinajstić information content (AvgIpc) is 2.11. The lowest BCUT2D eigenvalue weighted by molar-refractivity contribution is 0.0997. The van der Waals surface area contributed by atoms with Crippen molar-refractivity contribution in [3.63, 3.8) is 0 Å². The maximum absolute atomic E-state index is 6.79. The molecule has 0 aliphatic carbocycles. The Morgan fingerprint density at radius 3 is 1.40 bits per heavy atom. The van der Waals surface area contributed by atoms with Gasteiger partial charge in [-0.25, -0.2) is 0 Å². The molecule has 0 aliphatic heterocycles. The van der Waals surface area contributed by atoms with Crippen LogP contribution < -0.4 is 0 Å². The molecule has 0 aromatic carbocycles. The molecule has 0 spiro atoms. The fourth-order valence-corrected chi connectivity index (χ4v) is 9.89. The molecule has 5 heteroatoms. The number of hydrogen-bond acceptors (Lipinski definition) is 2. The molecule has 0 radical (unpaired) electrons. The van der Waals surface area contributed by atoms with Gasteiger partial charge in [0.1, 0.15) is 0 Å². The molecule has 122 valence electrons. The molecule has 0 unspecified atom stereocenters. The van der Waals surface area contributed by atoms with Gasteiger partial charge in [0.25, 0.3) is 0 Å². The molecule has 0 aromatic rings. The molecule has 0 fully saturated rings. The van der Waals surface area contributed by atoms with Crippen LogP contribution in [0.5, 0.6) is 0 Å². The van der Waals surface area contributed by atoms with Crippen molar-refractivity contribution in [1.82, 2.24) is 0 Å². The van der Waals surface area contributed by atoms with E-state index < -0.39 is 24.7 Å². The van der Waals surface area contributed by atoms with Crippen molar-refractivity contribution in [2.45, 2.75) is 96.9 Å². The molecular formula is C15H38O2Si3. The zero-order valence-electron chi connectivity index (χ0n) is 16.0. The minimum Gasteiger partial charge on any atom is -0.413 e. The third-order valence-corrected chi connectivity index (χ3v) is 15.7. The molecule has 0 saturated heterocycles. The Hall–Kier alpha value is 0.571. The SMILES string of the molecule is CC[Si](C)(C)C(C)(C)O[Si](C)(C)C(C)(C)O[Si](C)(C)C. The quantitative estimate of drug-likeness (QED) is 0.578. The minimum atomic E-state index is -1.95. The highest BCUT2D eigenvalue weighted by Crippen LogP contribution is 2.36. The summed E-state index contributed by atoms with van der Waals surface area (Å²) in [5.74, 6) is 0. The van der Waals surface area contributed by atoms with Crippen molar-refractivity contribution < 1.29 is 8.85 Å². The van der Waals surface area contributed by atoms with Crippen LogP contribution in [-0.2, 0) is 8.85 Å². The first kappa shape index (κ1) is 20.6. The van der Waals surface area contributed by atoms with E-state index in [1.54, 1.807) is 0 Å². The van der Waals surface area contributed by atoms with Crippen molar-refractivity contribution in [3.05, 3.63) is 0 Å². The Morgan fingerprint density at radius 1 is 0.700 bits per heavy atom. The van der Waals surface area contributed by atoms with Crippen molar-refractivity contribution in [3.8, 4) is 0 Å². The lowest BCUT2D eigenvalue weighted by Gasteiger charge is -2.50. The third-order valence-electron chi connectivity index (χ3n) is 5.04. The Labute approximate surface area is 130 Å². The van der Waals surface area contributed by atoms with Gasteiger partial charge in [-0.2, -0.15) is 0 Å². The summed E-state index contributed by atoms with van der Waals surface area (Å²) in [6.07, 6.45) is 0. The fraction of sp³-hybridized carbons (Fsp3) is 1.00. The van der Waals surface area contributed by atoms with E-state index in [9.17, 15) is 0 Å². The zero-order valence-corrected chi connectivity index (χ0v) is 19.0. The van der Waals surface area contributed by atoms with Gasteiger partial charge in [0.2, 0.25) is 8.32 Å². The van der Waals surface area contributed by atoms with E-state index in [-0.39, 0.29) is 10.4 Å². The molecule has 0 rings (SSSR count). The molecule has 0 bridgehead atoms. The minimum absolute atomic E-state index is 0.00244. The summed E-state index contributed by atoms with van der Waals surface area (Å²) in [6.45, 7) is 27.6. The summed E-state index contributed by atoms with van der Waals surface area (Å²) < 4.78 is 13.3. The molecule has 0 saturated carbocycles. The van der Waals surface area contributed by atoms with Gasteiger partial charge in [0.05, 0.1) is 13.3 Å². The predicted molar refractivity (Wildman–Crippen MR) is 99.1 cm³/mol. The van der Waals surface area contributed by atoms with Crippen molar-refractivity contribution in [2.75, 3.05) is 0 Å². The molecule has 2 nitrogen and oxygen atoms in total. The van der Waals surface area contributed by atoms with Crippen molar-refractivity contribution >= 4 is 24.7 Å². The summed E-state index contributed by atoms with van der Waals surface area (Å²) in [4.78, 5) is 0. The number of hydrogen-bond donors (Lipinski definition) is 0. The fourth-order valence-electron chi connectivity index (χ4n) is 2.21. The number of rotatable bonds is 7. The van der Waals surface area contributed by atoms with Gasteiger partial charge in [-0.1, -0.05) is 26.1 Å². The van der Waals surface area contributed by atoms with E-state index in [0.29, 0.717) is 0 Å². The lowest BCUT2D eigenvalue weighted by atomic mass is 10.5. The first-order chi connectivity index (χ1) is 8.47. The van der Waals surface area contributed by atoms with E-state index >= 15 is 0 Å². The molecular weight excluding hydrogens is 296 g/mol. The van der Waals surface area contributed by atoms with Crippen LogP contribution >= 0.6 is 0 Å². The average molecular weight is 335 g/mol. The predicted octanol–water partition coefficient (Wildman–Crippen LogP) is 5.42. The topological polar surface area (TPSA) is 18.5 Å². The van der Waals surface area contributed by atoms with Crippen molar-refractivity contribution in [1.29, 1.82) is 0 Å². The molecule has 20 heavy (non-hydrogen) atoms. The molecule has 0 atom stereocenters. The molecule has 0 heterocycles. The molecule has 0 aliphatic rings. The highest BCUT2D eigenvalue weighted by Gasteiger charge is 2.50. The van der Waals surface area contributed by atoms with E-state index in [1.165, 1.54) is 6.04 Å². The van der Waals surface area contributed by atoms with Crippen LogP contribution in [0, 0.1) is 0 Å². The standard InChI is InChI=1S/C15H38O2Si3/c1-13-19(9,10)14(2,3)17-20(11,12)15(4,5)16-18(6,7)8/h13H2,1-12H3. The molecule has 0 aromatic heterocycles. The van der Waals surface area contributed by atoms with Gasteiger partial charge in [-0.05, 0) is 60.4 Å². The highest BCUT2D eigenvalue weighted by molar-refractivity contribution is 6.82. The van der Waals surface area contributed by atoms with Gasteiger partial charge >= 0.3 is 0 Å². The molecule has 0 N–H and O–H groups in total. The second-order valence-corrected chi connectivity index (χ2v) is 23.6. The van der Waals surface area contributed by atoms with E-state index in [1.807, 2.05) is 0 Å². The largest absolute Gasteiger partial charge is 0.413 e. The Kier molecular flexibility index (Phi) is 6.16. The van der Waals surface area contributed by atoms with E-state index in [4.69, 9.17) is 8.85 Å². The lowest BCUT2D eigenvalue weighted by Crippen LogP contribution is -2.65. The summed E-state index contributed by atoms with van der Waals surface area (Å²) in [5, 5.41) is -0.148. The van der Waals surface area contributed by atoms with Crippen LogP contribution in [0.2, 0.25) is 51.9 Å². The maximum atomic E-state index is 6.79. The van der Waals surface area contributed by atoms with Gasteiger partial charge in [-0.15, -0.1) is 0 Å². The summed E-state index contributed by atoms with van der Waals surface area (Å²) in [7, 11) is -4.90. The van der Waals surface area contributed by atoms with E-state index in [0.717, 1.165) is 0 Å². The summed E-state index contributed by atoms with van der Waals surface area (Å²) in [5.41, 5.74) is 0. The van der Waals surface area contributed by atoms with Crippen LogP contribution in [-0.4, -0.2) is 35.2 Å². The van der Waals surface area contributed by atoms with Crippen LogP contribution in [0.4, 0.5) is 0 Å². The first-order valence-corrected chi connectivity index (χ1v) is 17.4. The monoisotopic (exact) mass is 334 g/mol. The summed E-state index contributed by atoms with van der Waals surface area (Å²) >= 11 is 0. The Bertz CT molecular complexity index is 329. The van der Waals surface area contributed by atoms with Crippen LogP contribution in [0.15, 0.2) is 0 Å². The van der Waals surface area contributed by atoms with Crippen molar-refractivity contribution in [2.24, 2.45) is 0 Å². The Morgan fingerprint density at radius 2 is 1.10 bits per heavy atom.